The van der Waals surface area contributed by atoms with Gasteiger partial charge in [0.15, 0.2) is 0 Å². The fourth-order valence-electron chi connectivity index (χ4n) is 1.59. The van der Waals surface area contributed by atoms with Crippen molar-refractivity contribution in [3.63, 3.8) is 0 Å². The topological polar surface area (TPSA) is 26.0 Å². The van der Waals surface area contributed by atoms with Gasteiger partial charge in [-0.05, 0) is 43.0 Å². The number of benzene rings is 1. The molecule has 1 saturated carbocycles. The summed E-state index contributed by atoms with van der Waals surface area (Å²) in [6.07, 6.45) is 2.21. The summed E-state index contributed by atoms with van der Waals surface area (Å²) in [4.78, 5) is 0. The lowest BCUT2D eigenvalue weighted by Crippen LogP contribution is -2.19. The third-order valence-electron chi connectivity index (χ3n) is 2.51. The molecule has 2 N–H and O–H groups in total. The van der Waals surface area contributed by atoms with E-state index in [4.69, 9.17) is 17.3 Å². The first kappa shape index (κ1) is 8.09. The van der Waals surface area contributed by atoms with Crippen LogP contribution in [0.4, 0.5) is 0 Å². The maximum Gasteiger partial charge on any atom is 0.0413 e. The van der Waals surface area contributed by atoms with E-state index in [1.54, 1.807) is 0 Å². The van der Waals surface area contributed by atoms with Gasteiger partial charge in [-0.1, -0.05) is 17.7 Å². The molecule has 1 aromatic carbocycles. The average Bonchev–Trinajstić information content (AvgIpc) is 2.68. The minimum absolute atomic E-state index is 0.0331. The van der Waals surface area contributed by atoms with Crippen LogP contribution in [0.1, 0.15) is 24.0 Å². The highest BCUT2D eigenvalue weighted by molar-refractivity contribution is 6.30. The van der Waals surface area contributed by atoms with Gasteiger partial charge in [0.2, 0.25) is 0 Å². The molecule has 0 spiro atoms. The van der Waals surface area contributed by atoms with Gasteiger partial charge < -0.3 is 5.73 Å². The van der Waals surface area contributed by atoms with E-state index in [1.807, 2.05) is 18.2 Å². The molecular formula is C10H12ClN. The van der Waals surface area contributed by atoms with E-state index in [1.165, 1.54) is 11.1 Å². The van der Waals surface area contributed by atoms with Crippen molar-refractivity contribution in [1.82, 2.24) is 0 Å². The van der Waals surface area contributed by atoms with E-state index >= 15 is 0 Å². The molecule has 0 unspecified atom stereocenters. The van der Waals surface area contributed by atoms with Crippen molar-refractivity contribution in [2.75, 3.05) is 0 Å². The summed E-state index contributed by atoms with van der Waals surface area (Å²) in [5.74, 6) is 0. The van der Waals surface area contributed by atoms with Crippen LogP contribution in [-0.2, 0) is 5.54 Å². The summed E-state index contributed by atoms with van der Waals surface area (Å²) in [7, 11) is 0. The molecule has 0 amide bonds. The second-order valence-electron chi connectivity index (χ2n) is 3.62. The van der Waals surface area contributed by atoms with Gasteiger partial charge >= 0.3 is 0 Å². The Morgan fingerprint density at radius 3 is 2.58 bits per heavy atom. The third-order valence-corrected chi connectivity index (χ3v) is 2.75. The second-order valence-corrected chi connectivity index (χ2v) is 4.05. The zero-order valence-electron chi connectivity index (χ0n) is 7.10. The van der Waals surface area contributed by atoms with Crippen molar-refractivity contribution in [3.8, 4) is 0 Å². The van der Waals surface area contributed by atoms with Crippen molar-refractivity contribution in [2.45, 2.75) is 25.3 Å². The van der Waals surface area contributed by atoms with E-state index in [0.29, 0.717) is 0 Å². The van der Waals surface area contributed by atoms with Crippen LogP contribution < -0.4 is 5.73 Å². The molecule has 1 aliphatic rings. The van der Waals surface area contributed by atoms with E-state index < -0.39 is 0 Å². The number of hydrogen-bond donors (Lipinski definition) is 1. The molecule has 0 aliphatic heterocycles. The van der Waals surface area contributed by atoms with E-state index in [9.17, 15) is 0 Å². The van der Waals surface area contributed by atoms with Crippen molar-refractivity contribution in [2.24, 2.45) is 5.73 Å². The summed E-state index contributed by atoms with van der Waals surface area (Å²) < 4.78 is 0. The smallest absolute Gasteiger partial charge is 0.0413 e. The van der Waals surface area contributed by atoms with Crippen molar-refractivity contribution in [3.05, 3.63) is 34.3 Å². The van der Waals surface area contributed by atoms with Crippen LogP contribution in [0, 0.1) is 6.92 Å². The lowest BCUT2D eigenvalue weighted by molar-refractivity contribution is 0.733. The predicted octanol–water partition coefficient (Wildman–Crippen LogP) is 2.60. The number of rotatable bonds is 1. The molecule has 0 atom stereocenters. The molecule has 0 radical (unpaired) electrons. The van der Waals surface area contributed by atoms with Crippen LogP contribution in [0.15, 0.2) is 18.2 Å². The van der Waals surface area contributed by atoms with Crippen molar-refractivity contribution in [1.29, 1.82) is 0 Å². The summed E-state index contributed by atoms with van der Waals surface area (Å²) in [6.45, 7) is 2.06. The fourth-order valence-corrected chi connectivity index (χ4v) is 1.82. The lowest BCUT2D eigenvalue weighted by atomic mass is 10.0. The first-order valence-corrected chi connectivity index (χ1v) is 4.55. The molecule has 64 valence electrons. The highest BCUT2D eigenvalue weighted by atomic mass is 35.5. The van der Waals surface area contributed by atoms with Crippen LogP contribution >= 0.6 is 11.6 Å². The normalized spacial score (nSPS) is 19.2. The van der Waals surface area contributed by atoms with Gasteiger partial charge in [-0.15, -0.1) is 0 Å². The third kappa shape index (κ3) is 1.23. The molecule has 1 fully saturated rings. The molecule has 2 heteroatoms. The molecule has 0 aromatic heterocycles. The molecule has 1 aromatic rings. The Labute approximate surface area is 77.5 Å². The Morgan fingerprint density at radius 1 is 1.42 bits per heavy atom. The average molecular weight is 182 g/mol. The van der Waals surface area contributed by atoms with Gasteiger partial charge in [0.1, 0.15) is 0 Å². The Kier molecular flexibility index (Phi) is 1.67. The van der Waals surface area contributed by atoms with Gasteiger partial charge in [-0.25, -0.2) is 0 Å². The van der Waals surface area contributed by atoms with Gasteiger partial charge in [0.05, 0.1) is 0 Å². The van der Waals surface area contributed by atoms with Gasteiger partial charge in [-0.2, -0.15) is 0 Å². The molecule has 2 rings (SSSR count). The second kappa shape index (κ2) is 2.48. The SMILES string of the molecule is Cc1cc(Cl)ccc1C1(N)CC1. The summed E-state index contributed by atoms with van der Waals surface area (Å²) in [6, 6.07) is 5.94. The highest BCUT2D eigenvalue weighted by Crippen LogP contribution is 2.44. The van der Waals surface area contributed by atoms with Gasteiger partial charge in [0.25, 0.3) is 0 Å². The van der Waals surface area contributed by atoms with Crippen LogP contribution in [0.25, 0.3) is 0 Å². The molecule has 1 nitrogen and oxygen atoms in total. The van der Waals surface area contributed by atoms with E-state index in [0.717, 1.165) is 17.9 Å². The van der Waals surface area contributed by atoms with E-state index in [-0.39, 0.29) is 5.54 Å². The van der Waals surface area contributed by atoms with Crippen LogP contribution in [0.5, 0.6) is 0 Å². The van der Waals surface area contributed by atoms with Gasteiger partial charge in [-0.3, -0.25) is 0 Å². The largest absolute Gasteiger partial charge is 0.321 e. The lowest BCUT2D eigenvalue weighted by Gasteiger charge is -2.12. The summed E-state index contributed by atoms with van der Waals surface area (Å²) in [5, 5.41) is 0.792. The Morgan fingerprint density at radius 2 is 2.08 bits per heavy atom. The number of nitrogens with two attached hydrogens (primary N) is 1. The number of hydrogen-bond acceptors (Lipinski definition) is 1. The van der Waals surface area contributed by atoms with Crippen LogP contribution in [-0.4, -0.2) is 0 Å². The number of aryl methyl sites for hydroxylation is 1. The molecule has 0 saturated heterocycles. The van der Waals surface area contributed by atoms with Gasteiger partial charge in [0, 0.05) is 10.6 Å². The predicted molar refractivity (Wildman–Crippen MR) is 51.3 cm³/mol. The summed E-state index contributed by atoms with van der Waals surface area (Å²) in [5.41, 5.74) is 8.51. The molecule has 0 heterocycles. The van der Waals surface area contributed by atoms with Crippen molar-refractivity contribution < 1.29 is 0 Å². The fraction of sp³-hybridized carbons (Fsp3) is 0.400. The zero-order valence-corrected chi connectivity index (χ0v) is 7.86. The standard InChI is InChI=1S/C10H12ClN/c1-7-6-8(11)2-3-9(7)10(12)4-5-10/h2-3,6H,4-5,12H2,1H3. The Bertz CT molecular complexity index is 316. The van der Waals surface area contributed by atoms with E-state index in [2.05, 4.69) is 6.92 Å². The maximum atomic E-state index is 6.08. The monoisotopic (exact) mass is 181 g/mol. The molecule has 12 heavy (non-hydrogen) atoms. The maximum absolute atomic E-state index is 6.08. The first-order chi connectivity index (χ1) is 5.62. The van der Waals surface area contributed by atoms with Crippen LogP contribution in [0.2, 0.25) is 5.02 Å². The zero-order chi connectivity index (χ0) is 8.77. The molecule has 1 aliphatic carbocycles. The Hall–Kier alpha value is -0.530. The van der Waals surface area contributed by atoms with Crippen LogP contribution in [0.3, 0.4) is 0 Å². The minimum atomic E-state index is -0.0331. The van der Waals surface area contributed by atoms with Crippen molar-refractivity contribution >= 4 is 11.6 Å². The molecule has 0 bridgehead atoms. The molecular weight excluding hydrogens is 170 g/mol. The summed E-state index contributed by atoms with van der Waals surface area (Å²) >= 11 is 5.85. The minimum Gasteiger partial charge on any atom is -0.321 e. The number of halogens is 1. The highest BCUT2D eigenvalue weighted by Gasteiger charge is 2.40. The first-order valence-electron chi connectivity index (χ1n) is 4.17. The quantitative estimate of drug-likeness (QED) is 0.708. The Balaban J connectivity index is 2.45.